The Hall–Kier alpha value is -3.14. The predicted octanol–water partition coefficient (Wildman–Crippen LogP) is 4.47. The van der Waals surface area contributed by atoms with Crippen molar-refractivity contribution in [2.24, 2.45) is 5.73 Å². The molecule has 166 valence electrons. The van der Waals surface area contributed by atoms with Crippen molar-refractivity contribution in [3.05, 3.63) is 41.4 Å². The largest absolute Gasteiger partial charge is 0.494 e. The second kappa shape index (κ2) is 8.54. The van der Waals surface area contributed by atoms with Gasteiger partial charge in [-0.25, -0.2) is 9.97 Å². The molecule has 0 fully saturated rings. The minimum absolute atomic E-state index is 0.000906. The number of amides is 1. The van der Waals surface area contributed by atoms with Gasteiger partial charge in [0, 0.05) is 17.0 Å². The Labute approximate surface area is 176 Å². The van der Waals surface area contributed by atoms with E-state index in [0.717, 1.165) is 12.5 Å². The molecule has 0 aliphatic carbocycles. The van der Waals surface area contributed by atoms with Crippen molar-refractivity contribution in [2.75, 3.05) is 7.11 Å². The molecule has 31 heavy (non-hydrogen) atoms. The molecular weight excluding hydrogens is 413 g/mol. The van der Waals surface area contributed by atoms with E-state index in [1.54, 1.807) is 13.0 Å². The van der Waals surface area contributed by atoms with Crippen LogP contribution < -0.4 is 15.8 Å². The van der Waals surface area contributed by atoms with Gasteiger partial charge in [0.1, 0.15) is 17.0 Å². The summed E-state index contributed by atoms with van der Waals surface area (Å²) in [6.45, 7) is 5.43. The Morgan fingerprint density at radius 2 is 1.94 bits per heavy atom. The van der Waals surface area contributed by atoms with Crippen molar-refractivity contribution in [3.8, 4) is 17.2 Å². The molecule has 0 saturated carbocycles. The lowest BCUT2D eigenvalue weighted by molar-refractivity contribution is -0.140. The zero-order valence-electron chi connectivity index (χ0n) is 17.5. The molecule has 0 unspecified atom stereocenters. The SMILES string of the molecule is CC[C@H](C)NC(=O)c1nc(-c2ccc(OC)c3nc(C(F)(F)F)ccc23)oc1[C@H](C)N. The number of aromatic nitrogens is 2. The number of alkyl halides is 3. The molecular formula is C21H23F3N4O3. The summed E-state index contributed by atoms with van der Waals surface area (Å²) in [5, 5.41) is 3.14. The van der Waals surface area contributed by atoms with Crippen LogP contribution in [0.25, 0.3) is 22.4 Å². The molecule has 7 nitrogen and oxygen atoms in total. The van der Waals surface area contributed by atoms with E-state index in [9.17, 15) is 18.0 Å². The number of oxazole rings is 1. The number of methoxy groups -OCH3 is 1. The Balaban J connectivity index is 2.17. The maximum absolute atomic E-state index is 13.1. The number of carbonyl (C=O) groups excluding carboxylic acids is 1. The number of pyridine rings is 1. The third-order valence-corrected chi connectivity index (χ3v) is 4.83. The molecule has 2 atom stereocenters. The highest BCUT2D eigenvalue weighted by molar-refractivity contribution is 5.98. The van der Waals surface area contributed by atoms with Gasteiger partial charge in [-0.3, -0.25) is 4.79 Å². The fourth-order valence-corrected chi connectivity index (χ4v) is 3.01. The third-order valence-electron chi connectivity index (χ3n) is 4.83. The Morgan fingerprint density at radius 3 is 2.52 bits per heavy atom. The van der Waals surface area contributed by atoms with Crippen LogP contribution in [0.2, 0.25) is 0 Å². The van der Waals surface area contributed by atoms with Crippen LogP contribution in [0.3, 0.4) is 0 Å². The normalized spacial score (nSPS) is 13.8. The van der Waals surface area contributed by atoms with Gasteiger partial charge in [-0.05, 0) is 44.5 Å². The summed E-state index contributed by atoms with van der Waals surface area (Å²) >= 11 is 0. The fourth-order valence-electron chi connectivity index (χ4n) is 3.01. The number of nitrogens with two attached hydrogens (primary N) is 1. The maximum Gasteiger partial charge on any atom is 0.433 e. The molecule has 2 heterocycles. The number of hydrogen-bond donors (Lipinski definition) is 2. The van der Waals surface area contributed by atoms with Crippen molar-refractivity contribution in [1.29, 1.82) is 0 Å². The maximum atomic E-state index is 13.1. The van der Waals surface area contributed by atoms with Gasteiger partial charge in [-0.2, -0.15) is 13.2 Å². The first-order valence-corrected chi connectivity index (χ1v) is 9.69. The highest BCUT2D eigenvalue weighted by atomic mass is 19.4. The van der Waals surface area contributed by atoms with Crippen LogP contribution in [0.15, 0.2) is 28.7 Å². The Bertz CT molecular complexity index is 1110. The molecule has 0 radical (unpaired) electrons. The second-order valence-electron chi connectivity index (χ2n) is 7.21. The van der Waals surface area contributed by atoms with Crippen LogP contribution in [-0.2, 0) is 6.18 Å². The third kappa shape index (κ3) is 4.48. The smallest absolute Gasteiger partial charge is 0.433 e. The van der Waals surface area contributed by atoms with Crippen molar-refractivity contribution in [2.45, 2.75) is 45.5 Å². The van der Waals surface area contributed by atoms with Gasteiger partial charge in [-0.15, -0.1) is 0 Å². The number of hydrogen-bond acceptors (Lipinski definition) is 6. The summed E-state index contributed by atoms with van der Waals surface area (Å²) in [5.41, 5.74) is 5.31. The van der Waals surface area contributed by atoms with Crippen molar-refractivity contribution in [1.82, 2.24) is 15.3 Å². The van der Waals surface area contributed by atoms with E-state index >= 15 is 0 Å². The molecule has 2 aromatic heterocycles. The lowest BCUT2D eigenvalue weighted by Crippen LogP contribution is -2.33. The average Bonchev–Trinajstić information content (AvgIpc) is 3.17. The summed E-state index contributed by atoms with van der Waals surface area (Å²) in [6, 6.07) is 4.50. The molecule has 3 N–H and O–H groups in total. The fraction of sp³-hybridized carbons (Fsp3) is 0.381. The molecule has 0 spiro atoms. The van der Waals surface area contributed by atoms with E-state index in [1.165, 1.54) is 19.2 Å². The van der Waals surface area contributed by atoms with Gasteiger partial charge in [0.2, 0.25) is 5.89 Å². The van der Waals surface area contributed by atoms with E-state index in [2.05, 4.69) is 15.3 Å². The second-order valence-corrected chi connectivity index (χ2v) is 7.21. The van der Waals surface area contributed by atoms with E-state index < -0.39 is 23.8 Å². The van der Waals surface area contributed by atoms with E-state index in [4.69, 9.17) is 14.9 Å². The van der Waals surface area contributed by atoms with Crippen LogP contribution >= 0.6 is 0 Å². The monoisotopic (exact) mass is 436 g/mol. The van der Waals surface area contributed by atoms with Gasteiger partial charge >= 0.3 is 6.18 Å². The molecule has 0 bridgehead atoms. The number of benzene rings is 1. The molecule has 1 amide bonds. The minimum Gasteiger partial charge on any atom is -0.494 e. The standard InChI is InChI=1S/C21H23F3N4O3/c1-5-10(2)26-19(29)17-18(11(3)25)31-20(28-17)13-6-8-14(30-4)16-12(13)7-9-15(27-16)21(22,23)24/h6-11H,5,25H2,1-4H3,(H,26,29)/t10-,11-/m0/s1. The first-order valence-electron chi connectivity index (χ1n) is 9.69. The first-order chi connectivity index (χ1) is 14.6. The van der Waals surface area contributed by atoms with E-state index in [-0.39, 0.29) is 34.7 Å². The topological polar surface area (TPSA) is 103 Å². The summed E-state index contributed by atoms with van der Waals surface area (Å²) in [4.78, 5) is 20.7. The summed E-state index contributed by atoms with van der Waals surface area (Å²) < 4.78 is 50.4. The number of ether oxygens (including phenoxy) is 1. The summed E-state index contributed by atoms with van der Waals surface area (Å²) in [6.07, 6.45) is -3.89. The summed E-state index contributed by atoms with van der Waals surface area (Å²) in [5.74, 6) is -0.0408. The molecule has 0 aliphatic rings. The van der Waals surface area contributed by atoms with Gasteiger partial charge in [0.25, 0.3) is 5.91 Å². The average molecular weight is 436 g/mol. The zero-order valence-corrected chi connectivity index (χ0v) is 17.5. The minimum atomic E-state index is -4.61. The molecule has 3 aromatic rings. The predicted molar refractivity (Wildman–Crippen MR) is 109 cm³/mol. The Kier molecular flexibility index (Phi) is 6.21. The van der Waals surface area contributed by atoms with Crippen molar-refractivity contribution < 1.29 is 27.1 Å². The molecule has 0 saturated heterocycles. The van der Waals surface area contributed by atoms with Crippen LogP contribution in [0.1, 0.15) is 55.2 Å². The quantitative estimate of drug-likeness (QED) is 0.591. The molecule has 1 aromatic carbocycles. The number of carbonyl (C=O) groups is 1. The number of nitrogens with one attached hydrogen (secondary N) is 1. The van der Waals surface area contributed by atoms with Gasteiger partial charge < -0.3 is 20.2 Å². The molecule has 0 aliphatic heterocycles. The van der Waals surface area contributed by atoms with Gasteiger partial charge in [0.15, 0.2) is 11.5 Å². The number of rotatable bonds is 6. The van der Waals surface area contributed by atoms with Crippen LogP contribution in [0.5, 0.6) is 5.75 Å². The molecule has 3 rings (SSSR count). The summed E-state index contributed by atoms with van der Waals surface area (Å²) in [7, 11) is 1.34. The molecule has 10 heteroatoms. The van der Waals surface area contributed by atoms with Crippen LogP contribution in [-0.4, -0.2) is 29.0 Å². The Morgan fingerprint density at radius 1 is 1.23 bits per heavy atom. The van der Waals surface area contributed by atoms with Gasteiger partial charge in [-0.1, -0.05) is 6.92 Å². The number of fused-ring (bicyclic) bond motifs is 1. The zero-order chi connectivity index (χ0) is 22.9. The van der Waals surface area contributed by atoms with Crippen molar-refractivity contribution in [3.63, 3.8) is 0 Å². The van der Waals surface area contributed by atoms with E-state index in [0.29, 0.717) is 10.9 Å². The lowest BCUT2D eigenvalue weighted by Gasteiger charge is -2.11. The number of nitrogens with zero attached hydrogens (tertiary/aromatic N) is 2. The highest BCUT2D eigenvalue weighted by Crippen LogP contribution is 2.37. The lowest BCUT2D eigenvalue weighted by atomic mass is 10.1. The first kappa shape index (κ1) is 22.5. The van der Waals surface area contributed by atoms with Crippen LogP contribution in [0, 0.1) is 0 Å². The van der Waals surface area contributed by atoms with Gasteiger partial charge in [0.05, 0.1) is 13.2 Å². The highest BCUT2D eigenvalue weighted by Gasteiger charge is 2.33. The van der Waals surface area contributed by atoms with Crippen molar-refractivity contribution >= 4 is 16.8 Å². The number of halogens is 3. The van der Waals surface area contributed by atoms with Crippen LogP contribution in [0.4, 0.5) is 13.2 Å². The van der Waals surface area contributed by atoms with E-state index in [1.807, 2.05) is 13.8 Å².